The van der Waals surface area contributed by atoms with Crippen molar-refractivity contribution in [1.29, 1.82) is 0 Å². The molecule has 0 radical (unpaired) electrons. The first-order valence-corrected chi connectivity index (χ1v) is 6.86. The number of nitrogens with one attached hydrogen (secondary N) is 1. The van der Waals surface area contributed by atoms with E-state index in [1.165, 1.54) is 7.11 Å². The van der Waals surface area contributed by atoms with Gasteiger partial charge in [-0.25, -0.2) is 4.79 Å². The van der Waals surface area contributed by atoms with E-state index in [-0.39, 0.29) is 5.76 Å². The van der Waals surface area contributed by atoms with Gasteiger partial charge in [-0.3, -0.25) is 4.90 Å². The summed E-state index contributed by atoms with van der Waals surface area (Å²) in [6.45, 7) is 4.79. The van der Waals surface area contributed by atoms with Gasteiger partial charge in [0.25, 0.3) is 0 Å². The summed E-state index contributed by atoms with van der Waals surface area (Å²) < 4.78 is 10.0. The largest absolute Gasteiger partial charge is 0.463 e. The third kappa shape index (κ3) is 3.82. The van der Waals surface area contributed by atoms with Crippen LogP contribution in [0.15, 0.2) is 16.5 Å². The van der Waals surface area contributed by atoms with Crippen molar-refractivity contribution in [2.24, 2.45) is 0 Å². The van der Waals surface area contributed by atoms with Gasteiger partial charge in [0.15, 0.2) is 0 Å². The highest BCUT2D eigenvalue weighted by Crippen LogP contribution is 2.09. The quantitative estimate of drug-likeness (QED) is 0.789. The van der Waals surface area contributed by atoms with Crippen molar-refractivity contribution in [1.82, 2.24) is 15.1 Å². The van der Waals surface area contributed by atoms with Crippen LogP contribution in [0.25, 0.3) is 0 Å². The molecule has 1 aliphatic rings. The fourth-order valence-corrected chi connectivity index (χ4v) is 2.37. The smallest absolute Gasteiger partial charge is 0.373 e. The minimum Gasteiger partial charge on any atom is -0.463 e. The molecule has 6 heteroatoms. The molecule has 1 N–H and O–H groups in total. The average molecular weight is 281 g/mol. The lowest BCUT2D eigenvalue weighted by molar-refractivity contribution is 0.0562. The summed E-state index contributed by atoms with van der Waals surface area (Å²) in [7, 11) is 5.65. The summed E-state index contributed by atoms with van der Waals surface area (Å²) in [6.07, 6.45) is 0. The first-order chi connectivity index (χ1) is 9.60. The first-order valence-electron chi connectivity index (χ1n) is 6.86. The van der Waals surface area contributed by atoms with Crippen LogP contribution in [0.4, 0.5) is 0 Å². The van der Waals surface area contributed by atoms with Gasteiger partial charge in [-0.1, -0.05) is 0 Å². The molecule has 20 heavy (non-hydrogen) atoms. The molecule has 0 spiro atoms. The van der Waals surface area contributed by atoms with Crippen LogP contribution in [-0.4, -0.2) is 69.2 Å². The fourth-order valence-electron chi connectivity index (χ4n) is 2.37. The van der Waals surface area contributed by atoms with Crippen LogP contribution in [0.2, 0.25) is 0 Å². The third-order valence-electron chi connectivity index (χ3n) is 3.71. The van der Waals surface area contributed by atoms with E-state index in [1.54, 1.807) is 12.1 Å². The number of methoxy groups -OCH3 is 1. The molecule has 1 aliphatic heterocycles. The first kappa shape index (κ1) is 15.0. The summed E-state index contributed by atoms with van der Waals surface area (Å²) in [6, 6.07) is 3.95. The van der Waals surface area contributed by atoms with E-state index >= 15 is 0 Å². The van der Waals surface area contributed by atoms with E-state index in [1.807, 2.05) is 0 Å². The number of ether oxygens (including phenoxy) is 1. The van der Waals surface area contributed by atoms with Crippen molar-refractivity contribution in [3.05, 3.63) is 23.7 Å². The molecular weight excluding hydrogens is 258 g/mol. The van der Waals surface area contributed by atoms with E-state index in [4.69, 9.17) is 4.42 Å². The summed E-state index contributed by atoms with van der Waals surface area (Å²) in [5.74, 6) is 0.556. The summed E-state index contributed by atoms with van der Waals surface area (Å²) in [5, 5.41) is 3.38. The van der Waals surface area contributed by atoms with Crippen molar-refractivity contribution in [2.45, 2.75) is 12.6 Å². The zero-order chi connectivity index (χ0) is 14.5. The Balaban J connectivity index is 1.77. The molecular formula is C14H23N3O3. The average Bonchev–Trinajstić information content (AvgIpc) is 2.90. The SMILES string of the molecule is COC(=O)c1ccc(CNCC2CN(C)CCN2C)o1. The van der Waals surface area contributed by atoms with Crippen molar-refractivity contribution >= 4 is 5.97 Å². The van der Waals surface area contributed by atoms with E-state index in [9.17, 15) is 4.79 Å². The lowest BCUT2D eigenvalue weighted by Gasteiger charge is -2.37. The van der Waals surface area contributed by atoms with Crippen LogP contribution in [0.5, 0.6) is 0 Å². The topological polar surface area (TPSA) is 58.0 Å². The van der Waals surface area contributed by atoms with E-state index < -0.39 is 5.97 Å². The number of nitrogens with zero attached hydrogens (tertiary/aromatic N) is 2. The van der Waals surface area contributed by atoms with E-state index in [2.05, 4.69) is 33.9 Å². The predicted octanol–water partition coefficient (Wildman–Crippen LogP) is 0.402. The number of hydrogen-bond donors (Lipinski definition) is 1. The summed E-state index contributed by atoms with van der Waals surface area (Å²) in [5.41, 5.74) is 0. The molecule has 0 saturated carbocycles. The van der Waals surface area contributed by atoms with Gasteiger partial charge in [-0.15, -0.1) is 0 Å². The standard InChI is InChI=1S/C14H23N3O3/c1-16-6-7-17(2)11(10-16)8-15-9-12-4-5-13(20-12)14(18)19-3/h4-5,11,15H,6-10H2,1-3H3. The second kappa shape index (κ2) is 6.88. The van der Waals surface area contributed by atoms with Gasteiger partial charge < -0.3 is 19.4 Å². The Morgan fingerprint density at radius 1 is 1.45 bits per heavy atom. The predicted molar refractivity (Wildman–Crippen MR) is 75.7 cm³/mol. The van der Waals surface area contributed by atoms with Crippen molar-refractivity contribution in [3.8, 4) is 0 Å². The van der Waals surface area contributed by atoms with Crippen LogP contribution >= 0.6 is 0 Å². The molecule has 1 saturated heterocycles. The Labute approximate surface area is 119 Å². The maximum Gasteiger partial charge on any atom is 0.373 e. The molecule has 112 valence electrons. The van der Waals surface area contributed by atoms with Crippen LogP contribution in [0.1, 0.15) is 16.3 Å². The normalized spacial score (nSPS) is 21.1. The highest BCUT2D eigenvalue weighted by molar-refractivity contribution is 5.86. The molecule has 6 nitrogen and oxygen atoms in total. The lowest BCUT2D eigenvalue weighted by Crippen LogP contribution is -2.53. The minimum atomic E-state index is -0.440. The Kier molecular flexibility index (Phi) is 5.17. The monoisotopic (exact) mass is 281 g/mol. The zero-order valence-corrected chi connectivity index (χ0v) is 12.4. The van der Waals surface area contributed by atoms with Gasteiger partial charge in [0, 0.05) is 32.2 Å². The maximum absolute atomic E-state index is 11.3. The Morgan fingerprint density at radius 2 is 2.25 bits per heavy atom. The molecule has 1 aromatic rings. The second-order valence-corrected chi connectivity index (χ2v) is 5.29. The molecule has 0 bridgehead atoms. The number of hydrogen-bond acceptors (Lipinski definition) is 6. The summed E-state index contributed by atoms with van der Waals surface area (Å²) >= 11 is 0. The molecule has 1 fully saturated rings. The van der Waals surface area contributed by atoms with Crippen LogP contribution in [-0.2, 0) is 11.3 Å². The Hall–Kier alpha value is -1.37. The maximum atomic E-state index is 11.3. The van der Waals surface area contributed by atoms with Crippen LogP contribution < -0.4 is 5.32 Å². The van der Waals surface area contributed by atoms with Crippen LogP contribution in [0, 0.1) is 0 Å². The molecule has 1 atom stereocenters. The van der Waals surface area contributed by atoms with E-state index in [0.717, 1.165) is 31.9 Å². The number of likely N-dealkylation sites (N-methyl/N-ethyl adjacent to an activating group) is 2. The van der Waals surface area contributed by atoms with Crippen molar-refractivity contribution < 1.29 is 13.9 Å². The van der Waals surface area contributed by atoms with Crippen LogP contribution in [0.3, 0.4) is 0 Å². The number of rotatable bonds is 5. The summed E-state index contributed by atoms with van der Waals surface area (Å²) in [4.78, 5) is 16.0. The molecule has 0 amide bonds. The van der Waals surface area contributed by atoms with Gasteiger partial charge in [0.05, 0.1) is 13.7 Å². The van der Waals surface area contributed by atoms with Gasteiger partial charge in [0.2, 0.25) is 5.76 Å². The number of piperazine rings is 1. The van der Waals surface area contributed by atoms with Crippen molar-refractivity contribution in [3.63, 3.8) is 0 Å². The van der Waals surface area contributed by atoms with Gasteiger partial charge >= 0.3 is 5.97 Å². The van der Waals surface area contributed by atoms with Gasteiger partial charge in [0.1, 0.15) is 5.76 Å². The number of esters is 1. The molecule has 2 heterocycles. The second-order valence-electron chi connectivity index (χ2n) is 5.29. The lowest BCUT2D eigenvalue weighted by atomic mass is 10.2. The fraction of sp³-hybridized carbons (Fsp3) is 0.643. The Morgan fingerprint density at radius 3 is 3.00 bits per heavy atom. The highest BCUT2D eigenvalue weighted by atomic mass is 16.5. The highest BCUT2D eigenvalue weighted by Gasteiger charge is 2.21. The minimum absolute atomic E-state index is 0.249. The molecule has 1 unspecified atom stereocenters. The number of carbonyl (C=O) groups excluding carboxylic acids is 1. The molecule has 0 aromatic carbocycles. The van der Waals surface area contributed by atoms with Gasteiger partial charge in [-0.05, 0) is 26.2 Å². The van der Waals surface area contributed by atoms with E-state index in [0.29, 0.717) is 12.6 Å². The molecule has 1 aromatic heterocycles. The van der Waals surface area contributed by atoms with Gasteiger partial charge in [-0.2, -0.15) is 0 Å². The van der Waals surface area contributed by atoms with Crippen molar-refractivity contribution in [2.75, 3.05) is 47.4 Å². The Bertz CT molecular complexity index is 447. The zero-order valence-electron chi connectivity index (χ0n) is 12.4. The molecule has 2 rings (SSSR count). The number of furan rings is 1. The number of carbonyl (C=O) groups is 1. The molecule has 0 aliphatic carbocycles. The third-order valence-corrected chi connectivity index (χ3v) is 3.71.